The van der Waals surface area contributed by atoms with Crippen LogP contribution < -0.4 is 11.2 Å². The molecule has 0 radical (unpaired) electrons. The summed E-state index contributed by atoms with van der Waals surface area (Å²) in [5.74, 6) is 0.891. The fourth-order valence-electron chi connectivity index (χ4n) is 2.32. The molecular weight excluding hydrogens is 232 g/mol. The van der Waals surface area contributed by atoms with Crippen LogP contribution in [0.2, 0.25) is 0 Å². The lowest BCUT2D eigenvalue weighted by Crippen LogP contribution is -2.28. The van der Waals surface area contributed by atoms with E-state index < -0.39 is 0 Å². The Balaban J connectivity index is 1.73. The number of amidine groups is 1. The van der Waals surface area contributed by atoms with Crippen molar-refractivity contribution in [2.75, 3.05) is 0 Å². The molecule has 96 valence electrons. The third-order valence-corrected chi connectivity index (χ3v) is 3.37. The highest BCUT2D eigenvalue weighted by Gasteiger charge is 2.22. The first-order valence-electron chi connectivity index (χ1n) is 6.10. The van der Waals surface area contributed by atoms with Crippen LogP contribution in [0.25, 0.3) is 0 Å². The van der Waals surface area contributed by atoms with Crippen LogP contribution in [0.4, 0.5) is 0 Å². The summed E-state index contributed by atoms with van der Waals surface area (Å²) in [4.78, 5) is 9.03. The Hall–Kier alpha value is -1.89. The van der Waals surface area contributed by atoms with Gasteiger partial charge in [0.1, 0.15) is 0 Å². The summed E-state index contributed by atoms with van der Waals surface area (Å²) < 4.78 is 1.90. The van der Waals surface area contributed by atoms with Crippen LogP contribution >= 0.6 is 0 Å². The number of nitrogens with zero attached hydrogens (tertiary/aromatic N) is 4. The Kier molecular flexibility index (Phi) is 2.75. The Morgan fingerprint density at radius 2 is 2.17 bits per heavy atom. The van der Waals surface area contributed by atoms with Crippen molar-refractivity contribution in [3.05, 3.63) is 24.4 Å². The van der Waals surface area contributed by atoms with Gasteiger partial charge >= 0.3 is 0 Å². The van der Waals surface area contributed by atoms with E-state index in [0.717, 1.165) is 25.7 Å². The fourth-order valence-corrected chi connectivity index (χ4v) is 2.32. The minimum atomic E-state index is 0.335. The van der Waals surface area contributed by atoms with Gasteiger partial charge in [-0.1, -0.05) is 5.21 Å². The van der Waals surface area contributed by atoms with Crippen molar-refractivity contribution in [1.82, 2.24) is 20.5 Å². The molecular formula is C11H16N6O. The number of aromatic nitrogens is 3. The number of hydrogen-bond donors (Lipinski definition) is 2. The van der Waals surface area contributed by atoms with E-state index in [2.05, 4.69) is 27.4 Å². The first kappa shape index (κ1) is 11.2. The molecule has 1 aromatic rings. The molecule has 1 aromatic heterocycles. The van der Waals surface area contributed by atoms with Crippen molar-refractivity contribution >= 4 is 5.84 Å². The average molecular weight is 248 g/mol. The van der Waals surface area contributed by atoms with Crippen molar-refractivity contribution in [2.45, 2.75) is 37.8 Å². The van der Waals surface area contributed by atoms with Gasteiger partial charge in [0.25, 0.3) is 0 Å². The van der Waals surface area contributed by atoms with Crippen molar-refractivity contribution < 1.29 is 4.84 Å². The van der Waals surface area contributed by atoms with E-state index in [9.17, 15) is 0 Å². The van der Waals surface area contributed by atoms with Crippen LogP contribution in [-0.4, -0.2) is 26.9 Å². The van der Waals surface area contributed by atoms with Crippen LogP contribution in [0.3, 0.4) is 0 Å². The van der Waals surface area contributed by atoms with Crippen molar-refractivity contribution in [3.8, 4) is 0 Å². The van der Waals surface area contributed by atoms with Gasteiger partial charge in [0, 0.05) is 6.04 Å². The minimum Gasteiger partial charge on any atom is -0.361 e. The van der Waals surface area contributed by atoms with Gasteiger partial charge in [0.2, 0.25) is 5.88 Å². The zero-order valence-electron chi connectivity index (χ0n) is 10.0. The summed E-state index contributed by atoms with van der Waals surface area (Å²) in [6, 6.07) is 0.721. The third kappa shape index (κ3) is 2.08. The molecule has 0 spiro atoms. The molecule has 0 saturated heterocycles. The number of nitrogens with one attached hydrogen (secondary N) is 1. The number of aliphatic imine (C=N–C) groups is 1. The highest BCUT2D eigenvalue weighted by Crippen LogP contribution is 2.26. The molecule has 1 saturated carbocycles. The molecule has 3 rings (SSSR count). The maximum atomic E-state index is 5.89. The van der Waals surface area contributed by atoms with E-state index in [1.807, 2.05) is 10.9 Å². The monoisotopic (exact) mass is 248 g/mol. The molecule has 2 aliphatic rings. The van der Waals surface area contributed by atoms with Crippen molar-refractivity contribution in [1.29, 1.82) is 0 Å². The lowest BCUT2D eigenvalue weighted by atomic mass is 9.92. The Labute approximate surface area is 105 Å². The predicted molar refractivity (Wildman–Crippen MR) is 65.4 cm³/mol. The van der Waals surface area contributed by atoms with Gasteiger partial charge in [0.05, 0.1) is 12.2 Å². The average Bonchev–Trinajstić information content (AvgIpc) is 2.98. The smallest absolute Gasteiger partial charge is 0.240 e. The van der Waals surface area contributed by atoms with E-state index in [1.165, 1.54) is 0 Å². The molecule has 1 fully saturated rings. The van der Waals surface area contributed by atoms with E-state index in [1.54, 1.807) is 0 Å². The molecule has 0 amide bonds. The SMILES string of the molecule is C=C1N=C(c2cn(C3CCC(N)CC3)nn2)NO1. The van der Waals surface area contributed by atoms with E-state index in [4.69, 9.17) is 10.6 Å². The number of hydroxylamine groups is 1. The van der Waals surface area contributed by atoms with Gasteiger partial charge in [-0.2, -0.15) is 10.5 Å². The van der Waals surface area contributed by atoms with Gasteiger partial charge in [-0.3, -0.25) is 0 Å². The van der Waals surface area contributed by atoms with Crippen LogP contribution in [0.1, 0.15) is 37.4 Å². The molecule has 0 atom stereocenters. The topological polar surface area (TPSA) is 90.4 Å². The summed E-state index contributed by atoms with van der Waals surface area (Å²) in [6.07, 6.45) is 6.06. The molecule has 18 heavy (non-hydrogen) atoms. The second-order valence-electron chi connectivity index (χ2n) is 4.71. The normalized spacial score (nSPS) is 27.6. The van der Waals surface area contributed by atoms with E-state index >= 15 is 0 Å². The maximum absolute atomic E-state index is 5.89. The minimum absolute atomic E-state index is 0.335. The first-order valence-corrected chi connectivity index (χ1v) is 6.10. The second-order valence-corrected chi connectivity index (χ2v) is 4.71. The molecule has 1 aliphatic heterocycles. The lowest BCUT2D eigenvalue weighted by molar-refractivity contribution is 0.179. The van der Waals surface area contributed by atoms with Crippen molar-refractivity contribution in [3.63, 3.8) is 0 Å². The van der Waals surface area contributed by atoms with Crippen molar-refractivity contribution in [2.24, 2.45) is 10.7 Å². The van der Waals surface area contributed by atoms with E-state index in [0.29, 0.717) is 29.5 Å². The van der Waals surface area contributed by atoms with Gasteiger partial charge in [-0.25, -0.2) is 4.68 Å². The Bertz CT molecular complexity index is 485. The van der Waals surface area contributed by atoms with Crippen LogP contribution in [0.5, 0.6) is 0 Å². The maximum Gasteiger partial charge on any atom is 0.240 e. The molecule has 7 heteroatoms. The zero-order chi connectivity index (χ0) is 12.5. The largest absolute Gasteiger partial charge is 0.361 e. The number of nitrogens with two attached hydrogens (primary N) is 1. The van der Waals surface area contributed by atoms with E-state index in [-0.39, 0.29) is 0 Å². The highest BCUT2D eigenvalue weighted by atomic mass is 16.7. The van der Waals surface area contributed by atoms with Crippen LogP contribution in [0, 0.1) is 0 Å². The summed E-state index contributed by atoms with van der Waals surface area (Å²) >= 11 is 0. The molecule has 0 unspecified atom stereocenters. The van der Waals surface area contributed by atoms with Gasteiger partial charge < -0.3 is 10.6 Å². The second kappa shape index (κ2) is 4.41. The van der Waals surface area contributed by atoms with Crippen LogP contribution in [0.15, 0.2) is 23.7 Å². The number of rotatable bonds is 2. The predicted octanol–water partition coefficient (Wildman–Crippen LogP) is 0.473. The zero-order valence-corrected chi connectivity index (χ0v) is 10.0. The standard InChI is InChI=1S/C11H16N6O/c1-7-13-11(15-18-7)10-6-17(16-14-10)9-4-2-8(12)3-5-9/h6,8-9H,1-5,12H2,(H,13,15). The summed E-state index contributed by atoms with van der Waals surface area (Å²) in [5, 5.41) is 8.25. The molecule has 0 bridgehead atoms. The van der Waals surface area contributed by atoms with Gasteiger partial charge in [0.15, 0.2) is 11.5 Å². The third-order valence-electron chi connectivity index (χ3n) is 3.37. The molecule has 2 heterocycles. The summed E-state index contributed by atoms with van der Waals surface area (Å²) in [5.41, 5.74) is 9.22. The van der Waals surface area contributed by atoms with Gasteiger partial charge in [-0.05, 0) is 32.3 Å². The number of hydrogen-bond acceptors (Lipinski definition) is 6. The Morgan fingerprint density at radius 1 is 1.39 bits per heavy atom. The fraction of sp³-hybridized carbons (Fsp3) is 0.545. The molecule has 7 nitrogen and oxygen atoms in total. The molecule has 3 N–H and O–H groups in total. The molecule has 1 aliphatic carbocycles. The summed E-state index contributed by atoms with van der Waals surface area (Å²) in [6.45, 7) is 3.59. The summed E-state index contributed by atoms with van der Waals surface area (Å²) in [7, 11) is 0. The van der Waals surface area contributed by atoms with Crippen LogP contribution in [-0.2, 0) is 4.84 Å². The molecule has 0 aromatic carbocycles. The highest BCUT2D eigenvalue weighted by molar-refractivity contribution is 5.97. The quantitative estimate of drug-likeness (QED) is 0.794. The van der Waals surface area contributed by atoms with Gasteiger partial charge in [-0.15, -0.1) is 5.10 Å². The first-order chi connectivity index (χ1) is 8.72. The Morgan fingerprint density at radius 3 is 2.83 bits per heavy atom. The lowest BCUT2D eigenvalue weighted by Gasteiger charge is -2.25.